The van der Waals surface area contributed by atoms with Gasteiger partial charge in [-0.2, -0.15) is 4.31 Å². The van der Waals surface area contributed by atoms with E-state index < -0.39 is 10.0 Å². The molecule has 0 aromatic heterocycles. The van der Waals surface area contributed by atoms with Crippen molar-refractivity contribution in [3.8, 4) is 0 Å². The van der Waals surface area contributed by atoms with Crippen LogP contribution in [0, 0.1) is 0 Å². The van der Waals surface area contributed by atoms with Crippen LogP contribution >= 0.6 is 0 Å². The Labute approximate surface area is 196 Å². The predicted molar refractivity (Wildman–Crippen MR) is 126 cm³/mol. The molecule has 33 heavy (non-hydrogen) atoms. The van der Waals surface area contributed by atoms with Crippen molar-refractivity contribution >= 4 is 22.0 Å². The van der Waals surface area contributed by atoms with Crippen LogP contribution in [0.2, 0.25) is 0 Å². The van der Waals surface area contributed by atoms with E-state index in [-0.39, 0.29) is 36.7 Å². The van der Waals surface area contributed by atoms with Gasteiger partial charge in [-0.1, -0.05) is 43.5 Å². The number of benzene rings is 1. The number of nitrogens with zero attached hydrogens (tertiary/aromatic N) is 1. The van der Waals surface area contributed by atoms with Gasteiger partial charge in [-0.15, -0.1) is 0 Å². The van der Waals surface area contributed by atoms with E-state index in [1.807, 2.05) is 12.1 Å². The van der Waals surface area contributed by atoms with Gasteiger partial charge in [0.05, 0.1) is 19.0 Å². The molecule has 184 valence electrons. The number of carbonyl (C=O) groups is 2. The first-order valence-electron chi connectivity index (χ1n) is 11.9. The van der Waals surface area contributed by atoms with E-state index in [1.165, 1.54) is 10.7 Å². The Hall–Kier alpha value is -2.17. The average molecular weight is 481 g/mol. The summed E-state index contributed by atoms with van der Waals surface area (Å²) in [7, 11) is -3.44. The lowest BCUT2D eigenvalue weighted by atomic mass is 9.96. The van der Waals surface area contributed by atoms with E-state index in [9.17, 15) is 18.0 Å². The van der Waals surface area contributed by atoms with Crippen LogP contribution < -0.4 is 16.0 Å². The number of carbonyl (C=O) groups excluding carboxylic acids is 2. The van der Waals surface area contributed by atoms with Gasteiger partial charge in [-0.25, -0.2) is 13.2 Å². The quantitative estimate of drug-likeness (QED) is 0.442. The molecule has 3 N–H and O–H groups in total. The summed E-state index contributed by atoms with van der Waals surface area (Å²) < 4.78 is 32.2. The Kier molecular flexibility index (Phi) is 9.95. The minimum absolute atomic E-state index is 0.0981. The lowest BCUT2D eigenvalue weighted by molar-refractivity contribution is -0.121. The van der Waals surface area contributed by atoms with Gasteiger partial charge in [0.1, 0.15) is 0 Å². The Morgan fingerprint density at radius 2 is 1.70 bits per heavy atom. The normalized spacial score (nSPS) is 17.9. The van der Waals surface area contributed by atoms with Crippen LogP contribution in [0.5, 0.6) is 0 Å². The lowest BCUT2D eigenvalue weighted by Crippen LogP contribution is -2.43. The maximum absolute atomic E-state index is 12.7. The van der Waals surface area contributed by atoms with E-state index in [2.05, 4.69) is 16.0 Å². The van der Waals surface area contributed by atoms with Crippen molar-refractivity contribution in [3.05, 3.63) is 35.4 Å². The molecule has 0 atom stereocenters. The van der Waals surface area contributed by atoms with Crippen LogP contribution in [-0.4, -0.2) is 63.6 Å². The highest BCUT2D eigenvalue weighted by molar-refractivity contribution is 7.88. The number of sulfonamides is 1. The van der Waals surface area contributed by atoms with Crippen LogP contribution in [0.3, 0.4) is 0 Å². The van der Waals surface area contributed by atoms with E-state index in [0.717, 1.165) is 31.2 Å². The molecule has 0 spiro atoms. The molecule has 9 nitrogen and oxygen atoms in total. The van der Waals surface area contributed by atoms with Crippen molar-refractivity contribution in [2.75, 3.05) is 32.8 Å². The summed E-state index contributed by atoms with van der Waals surface area (Å²) in [6, 6.07) is 7.35. The summed E-state index contributed by atoms with van der Waals surface area (Å²) in [5.74, 6) is -0.227. The molecular weight excluding hydrogens is 444 g/mol. The van der Waals surface area contributed by atoms with Crippen LogP contribution in [0.4, 0.5) is 4.79 Å². The fourth-order valence-electron chi connectivity index (χ4n) is 4.20. The second-order valence-corrected chi connectivity index (χ2v) is 10.6. The van der Waals surface area contributed by atoms with Crippen molar-refractivity contribution in [2.45, 2.75) is 63.3 Å². The number of hydrogen-bond donors (Lipinski definition) is 3. The van der Waals surface area contributed by atoms with Gasteiger partial charge >= 0.3 is 6.03 Å². The molecule has 10 heteroatoms. The Morgan fingerprint density at radius 3 is 2.42 bits per heavy atom. The Bertz CT molecular complexity index is 881. The number of hydrogen-bond acceptors (Lipinski definition) is 5. The van der Waals surface area contributed by atoms with Gasteiger partial charge in [0.25, 0.3) is 0 Å². The Balaban J connectivity index is 1.38. The van der Waals surface area contributed by atoms with Gasteiger partial charge in [-0.05, 0) is 30.4 Å². The summed E-state index contributed by atoms with van der Waals surface area (Å²) in [4.78, 5) is 24.2. The minimum atomic E-state index is -3.44. The molecule has 1 aliphatic heterocycles. The standard InChI is InChI=1S/C23H36N4O5S/c28-22(11-6-12-24-23(29)26-21-9-2-1-3-10-21)25-17-19-7-4-5-8-20(19)18-33(30,31)27-13-15-32-16-14-27/h4-5,7-8,21H,1-3,6,9-18H2,(H,25,28)(H2,24,26,29). The fourth-order valence-corrected chi connectivity index (χ4v) is 5.76. The molecule has 3 amide bonds. The monoisotopic (exact) mass is 480 g/mol. The first kappa shape index (κ1) is 25.5. The van der Waals surface area contributed by atoms with Crippen molar-refractivity contribution in [1.29, 1.82) is 0 Å². The molecule has 1 saturated carbocycles. The number of urea groups is 1. The summed E-state index contributed by atoms with van der Waals surface area (Å²) in [6.07, 6.45) is 6.45. The van der Waals surface area contributed by atoms with E-state index in [4.69, 9.17) is 4.74 Å². The fraction of sp³-hybridized carbons (Fsp3) is 0.652. The van der Waals surface area contributed by atoms with Crippen LogP contribution in [0.1, 0.15) is 56.1 Å². The SMILES string of the molecule is O=C(CCCNC(=O)NC1CCCCC1)NCc1ccccc1CS(=O)(=O)N1CCOCC1. The third-order valence-electron chi connectivity index (χ3n) is 6.10. The number of rotatable bonds is 10. The summed E-state index contributed by atoms with van der Waals surface area (Å²) in [6.45, 7) is 2.26. The number of ether oxygens (including phenoxy) is 1. The highest BCUT2D eigenvalue weighted by Crippen LogP contribution is 2.18. The molecule has 0 unspecified atom stereocenters. The van der Waals surface area contributed by atoms with E-state index >= 15 is 0 Å². The van der Waals surface area contributed by atoms with Gasteiger partial charge < -0.3 is 20.7 Å². The minimum Gasteiger partial charge on any atom is -0.379 e. The molecule has 1 saturated heterocycles. The van der Waals surface area contributed by atoms with Crippen LogP contribution in [-0.2, 0) is 31.9 Å². The molecule has 1 heterocycles. The number of nitrogens with one attached hydrogen (secondary N) is 3. The zero-order valence-electron chi connectivity index (χ0n) is 19.2. The molecule has 1 aliphatic carbocycles. The summed E-state index contributed by atoms with van der Waals surface area (Å²) in [5, 5.41) is 8.67. The second-order valence-electron chi connectivity index (χ2n) is 8.65. The van der Waals surface area contributed by atoms with Gasteiger partial charge in [0, 0.05) is 38.6 Å². The van der Waals surface area contributed by atoms with Crippen LogP contribution in [0.15, 0.2) is 24.3 Å². The Morgan fingerprint density at radius 1 is 1.00 bits per heavy atom. The largest absolute Gasteiger partial charge is 0.379 e. The van der Waals surface area contributed by atoms with Crippen molar-refractivity contribution in [2.24, 2.45) is 0 Å². The van der Waals surface area contributed by atoms with Crippen molar-refractivity contribution in [1.82, 2.24) is 20.3 Å². The molecule has 0 radical (unpaired) electrons. The topological polar surface area (TPSA) is 117 Å². The second kappa shape index (κ2) is 12.9. The third kappa shape index (κ3) is 8.60. The number of morpholine rings is 1. The first-order chi connectivity index (χ1) is 15.9. The molecule has 3 rings (SSSR count). The number of amides is 3. The molecule has 1 aromatic rings. The van der Waals surface area contributed by atoms with Crippen molar-refractivity contribution in [3.63, 3.8) is 0 Å². The summed E-state index contributed by atoms with van der Waals surface area (Å²) in [5.41, 5.74) is 1.47. The molecule has 0 bridgehead atoms. The van der Waals surface area contributed by atoms with E-state index in [1.54, 1.807) is 12.1 Å². The molecule has 2 fully saturated rings. The van der Waals surface area contributed by atoms with Gasteiger partial charge in [-0.3, -0.25) is 4.79 Å². The molecular formula is C23H36N4O5S. The zero-order valence-corrected chi connectivity index (χ0v) is 20.0. The smallest absolute Gasteiger partial charge is 0.315 e. The predicted octanol–water partition coefficient (Wildman–Crippen LogP) is 1.88. The first-order valence-corrected chi connectivity index (χ1v) is 13.5. The van der Waals surface area contributed by atoms with E-state index in [0.29, 0.717) is 44.8 Å². The molecule has 2 aliphatic rings. The van der Waals surface area contributed by atoms with Gasteiger partial charge in [0.15, 0.2) is 0 Å². The van der Waals surface area contributed by atoms with Crippen LogP contribution in [0.25, 0.3) is 0 Å². The van der Waals surface area contributed by atoms with Gasteiger partial charge in [0.2, 0.25) is 15.9 Å². The van der Waals surface area contributed by atoms with Crippen molar-refractivity contribution < 1.29 is 22.7 Å². The average Bonchev–Trinajstić information content (AvgIpc) is 2.82. The summed E-state index contributed by atoms with van der Waals surface area (Å²) >= 11 is 0. The highest BCUT2D eigenvalue weighted by atomic mass is 32.2. The molecule has 1 aromatic carbocycles. The third-order valence-corrected chi connectivity index (χ3v) is 7.93. The maximum atomic E-state index is 12.7. The zero-order chi connectivity index (χ0) is 23.5. The lowest BCUT2D eigenvalue weighted by Gasteiger charge is -2.26. The maximum Gasteiger partial charge on any atom is 0.315 e. The highest BCUT2D eigenvalue weighted by Gasteiger charge is 2.25.